The van der Waals surface area contributed by atoms with Crippen LogP contribution in [0.2, 0.25) is 0 Å². The van der Waals surface area contributed by atoms with Crippen LogP contribution in [0.3, 0.4) is 0 Å². The van der Waals surface area contributed by atoms with Gasteiger partial charge < -0.3 is 20.5 Å². The third-order valence-electron chi connectivity index (χ3n) is 2.46. The Morgan fingerprint density at radius 3 is 2.58 bits per heavy atom. The van der Waals surface area contributed by atoms with Crippen LogP contribution in [0.4, 0.5) is 4.79 Å². The van der Waals surface area contributed by atoms with Crippen molar-refractivity contribution in [3.8, 4) is 0 Å². The van der Waals surface area contributed by atoms with Crippen molar-refractivity contribution in [3.63, 3.8) is 0 Å². The predicted octanol–water partition coefficient (Wildman–Crippen LogP) is 1.27. The Morgan fingerprint density at radius 1 is 1.26 bits per heavy atom. The average molecular weight is 266 g/mol. The molecule has 1 unspecified atom stereocenters. The molecule has 3 N–H and O–H groups in total. The van der Waals surface area contributed by atoms with Crippen LogP contribution in [0.25, 0.3) is 0 Å². The van der Waals surface area contributed by atoms with Crippen LogP contribution < -0.4 is 10.6 Å². The zero-order valence-electron chi connectivity index (χ0n) is 11.4. The van der Waals surface area contributed by atoms with E-state index in [9.17, 15) is 9.90 Å². The molecule has 1 aromatic rings. The number of benzene rings is 1. The van der Waals surface area contributed by atoms with E-state index in [1.54, 1.807) is 0 Å². The first-order chi connectivity index (χ1) is 9.08. The van der Waals surface area contributed by atoms with E-state index < -0.39 is 12.2 Å². The van der Waals surface area contributed by atoms with Gasteiger partial charge in [-0.2, -0.15) is 0 Å². The van der Waals surface area contributed by atoms with Crippen LogP contribution in [0.1, 0.15) is 19.4 Å². The number of nitrogens with one attached hydrogen (secondary N) is 2. The van der Waals surface area contributed by atoms with Crippen LogP contribution in [-0.4, -0.2) is 36.4 Å². The molecule has 0 aliphatic heterocycles. The molecule has 1 rings (SSSR count). The highest BCUT2D eigenvalue weighted by Crippen LogP contribution is 2.00. The average Bonchev–Trinajstić information content (AvgIpc) is 2.41. The lowest BCUT2D eigenvalue weighted by Crippen LogP contribution is -2.40. The fourth-order valence-corrected chi connectivity index (χ4v) is 1.42. The van der Waals surface area contributed by atoms with Crippen molar-refractivity contribution in [2.24, 2.45) is 0 Å². The first-order valence-corrected chi connectivity index (χ1v) is 6.44. The molecule has 1 amide bonds. The Hall–Kier alpha value is -1.59. The van der Waals surface area contributed by atoms with Crippen molar-refractivity contribution in [1.29, 1.82) is 0 Å². The molecule has 0 radical (unpaired) electrons. The zero-order chi connectivity index (χ0) is 14.1. The third kappa shape index (κ3) is 7.43. The summed E-state index contributed by atoms with van der Waals surface area (Å²) in [6, 6.07) is 9.75. The minimum Gasteiger partial charge on any atom is -0.445 e. The normalized spacial score (nSPS) is 12.2. The lowest BCUT2D eigenvalue weighted by molar-refractivity contribution is 0.124. The summed E-state index contributed by atoms with van der Waals surface area (Å²) in [7, 11) is 0. The zero-order valence-corrected chi connectivity index (χ0v) is 11.4. The molecule has 0 saturated heterocycles. The van der Waals surface area contributed by atoms with Gasteiger partial charge in [-0.25, -0.2) is 4.79 Å². The standard InChI is InChI=1S/C14H22N2O3/c1-11(2)15-8-13(17)9-16-14(18)19-10-12-6-4-3-5-7-12/h3-7,11,13,15,17H,8-10H2,1-2H3,(H,16,18). The molecule has 1 aromatic carbocycles. The highest BCUT2D eigenvalue weighted by molar-refractivity contribution is 5.67. The van der Waals surface area contributed by atoms with Gasteiger partial charge in [0.15, 0.2) is 0 Å². The molecule has 106 valence electrons. The molecule has 5 heteroatoms. The fraction of sp³-hybridized carbons (Fsp3) is 0.500. The monoisotopic (exact) mass is 266 g/mol. The van der Waals surface area contributed by atoms with Gasteiger partial charge in [0.2, 0.25) is 0 Å². The van der Waals surface area contributed by atoms with Crippen LogP contribution >= 0.6 is 0 Å². The Morgan fingerprint density at radius 2 is 1.95 bits per heavy atom. The third-order valence-corrected chi connectivity index (χ3v) is 2.46. The maximum Gasteiger partial charge on any atom is 0.407 e. The fourth-order valence-electron chi connectivity index (χ4n) is 1.42. The number of aliphatic hydroxyl groups excluding tert-OH is 1. The minimum absolute atomic E-state index is 0.174. The first kappa shape index (κ1) is 15.5. The number of hydrogen-bond donors (Lipinski definition) is 3. The van der Waals surface area contributed by atoms with E-state index in [2.05, 4.69) is 10.6 Å². The summed E-state index contributed by atoms with van der Waals surface area (Å²) in [6.45, 7) is 4.83. The second-order valence-electron chi connectivity index (χ2n) is 4.66. The Kier molecular flexibility index (Phi) is 6.92. The Labute approximate surface area is 114 Å². The summed E-state index contributed by atoms with van der Waals surface area (Å²) < 4.78 is 5.02. The number of carbonyl (C=O) groups excluding carboxylic acids is 1. The van der Waals surface area contributed by atoms with Gasteiger partial charge in [0.1, 0.15) is 6.61 Å². The predicted molar refractivity (Wildman–Crippen MR) is 73.8 cm³/mol. The van der Waals surface area contributed by atoms with Gasteiger partial charge in [0.05, 0.1) is 6.10 Å². The van der Waals surface area contributed by atoms with Crippen molar-refractivity contribution >= 4 is 6.09 Å². The summed E-state index contributed by atoms with van der Waals surface area (Å²) >= 11 is 0. The number of rotatable bonds is 7. The van der Waals surface area contributed by atoms with Gasteiger partial charge in [-0.15, -0.1) is 0 Å². The molecule has 0 spiro atoms. The summed E-state index contributed by atoms with van der Waals surface area (Å²) in [6.07, 6.45) is -1.14. The molecule has 0 aliphatic carbocycles. The van der Waals surface area contributed by atoms with Gasteiger partial charge in [-0.05, 0) is 5.56 Å². The summed E-state index contributed by atoms with van der Waals surface area (Å²) in [5, 5.41) is 15.2. The van der Waals surface area contributed by atoms with E-state index in [1.165, 1.54) is 0 Å². The van der Waals surface area contributed by atoms with Crippen molar-refractivity contribution in [2.75, 3.05) is 13.1 Å². The topological polar surface area (TPSA) is 70.6 Å². The lowest BCUT2D eigenvalue weighted by atomic mass is 10.2. The van der Waals surface area contributed by atoms with Crippen molar-refractivity contribution in [1.82, 2.24) is 10.6 Å². The van der Waals surface area contributed by atoms with Gasteiger partial charge in [0.25, 0.3) is 0 Å². The molecule has 19 heavy (non-hydrogen) atoms. The van der Waals surface area contributed by atoms with E-state index in [0.29, 0.717) is 12.6 Å². The number of amides is 1. The lowest BCUT2D eigenvalue weighted by Gasteiger charge is -2.14. The molecular formula is C14H22N2O3. The molecule has 0 bridgehead atoms. The number of ether oxygens (including phenoxy) is 1. The van der Waals surface area contributed by atoms with E-state index in [4.69, 9.17) is 4.74 Å². The summed E-state index contributed by atoms with van der Waals surface area (Å²) in [5.41, 5.74) is 0.930. The SMILES string of the molecule is CC(C)NCC(O)CNC(=O)OCc1ccccc1. The number of alkyl carbamates (subject to hydrolysis) is 1. The molecule has 1 atom stereocenters. The number of carbonyl (C=O) groups is 1. The van der Waals surface area contributed by atoms with Crippen molar-refractivity contribution in [3.05, 3.63) is 35.9 Å². The second kappa shape index (κ2) is 8.50. The molecule has 0 fully saturated rings. The van der Waals surface area contributed by atoms with E-state index in [1.807, 2.05) is 44.2 Å². The van der Waals surface area contributed by atoms with Gasteiger partial charge in [0, 0.05) is 19.1 Å². The Bertz CT molecular complexity index is 368. The quantitative estimate of drug-likeness (QED) is 0.695. The van der Waals surface area contributed by atoms with Crippen LogP contribution in [0, 0.1) is 0 Å². The van der Waals surface area contributed by atoms with E-state index in [0.717, 1.165) is 5.56 Å². The summed E-state index contributed by atoms with van der Waals surface area (Å²) in [5.74, 6) is 0. The second-order valence-corrected chi connectivity index (χ2v) is 4.66. The van der Waals surface area contributed by atoms with Gasteiger partial charge in [-0.1, -0.05) is 44.2 Å². The highest BCUT2D eigenvalue weighted by atomic mass is 16.5. The molecule has 0 aromatic heterocycles. The summed E-state index contributed by atoms with van der Waals surface area (Å²) in [4.78, 5) is 11.4. The van der Waals surface area contributed by atoms with Crippen LogP contribution in [-0.2, 0) is 11.3 Å². The van der Waals surface area contributed by atoms with Gasteiger partial charge in [-0.3, -0.25) is 0 Å². The number of aliphatic hydroxyl groups is 1. The maximum absolute atomic E-state index is 11.4. The Balaban J connectivity index is 2.14. The highest BCUT2D eigenvalue weighted by Gasteiger charge is 2.08. The molecule has 0 saturated carbocycles. The van der Waals surface area contributed by atoms with Crippen LogP contribution in [0.5, 0.6) is 0 Å². The largest absolute Gasteiger partial charge is 0.445 e. The van der Waals surface area contributed by atoms with E-state index >= 15 is 0 Å². The molecular weight excluding hydrogens is 244 g/mol. The maximum atomic E-state index is 11.4. The number of hydrogen-bond acceptors (Lipinski definition) is 4. The van der Waals surface area contributed by atoms with Crippen LogP contribution in [0.15, 0.2) is 30.3 Å². The van der Waals surface area contributed by atoms with Gasteiger partial charge >= 0.3 is 6.09 Å². The molecule has 0 heterocycles. The van der Waals surface area contributed by atoms with Crippen molar-refractivity contribution < 1.29 is 14.6 Å². The van der Waals surface area contributed by atoms with Crippen molar-refractivity contribution in [2.45, 2.75) is 32.6 Å². The first-order valence-electron chi connectivity index (χ1n) is 6.44. The minimum atomic E-state index is -0.619. The molecule has 5 nitrogen and oxygen atoms in total. The van der Waals surface area contributed by atoms with E-state index in [-0.39, 0.29) is 13.2 Å². The smallest absolute Gasteiger partial charge is 0.407 e. The molecule has 0 aliphatic rings.